The van der Waals surface area contributed by atoms with E-state index in [1.165, 1.54) is 11.8 Å². The fourth-order valence-corrected chi connectivity index (χ4v) is 4.55. The predicted octanol–water partition coefficient (Wildman–Crippen LogP) is 5.67. The third kappa shape index (κ3) is 7.19. The lowest BCUT2D eigenvalue weighted by Gasteiger charge is -2.21. The van der Waals surface area contributed by atoms with Gasteiger partial charge in [-0.3, -0.25) is 9.59 Å². The molecule has 0 saturated carbocycles. The van der Waals surface area contributed by atoms with Crippen molar-refractivity contribution in [3.63, 3.8) is 0 Å². The maximum atomic E-state index is 13.0. The van der Waals surface area contributed by atoms with Crippen LogP contribution in [0.4, 0.5) is 5.69 Å². The number of aryl methyl sites for hydroxylation is 1. The average molecular weight is 512 g/mol. The number of hydrogen-bond acceptors (Lipinski definition) is 5. The Morgan fingerprint density at radius 1 is 1.14 bits per heavy atom. The molecule has 7 nitrogen and oxygen atoms in total. The van der Waals surface area contributed by atoms with Gasteiger partial charge in [0.2, 0.25) is 5.91 Å². The molecule has 3 aromatic rings. The number of rotatable bonds is 11. The molecule has 0 radical (unpaired) electrons. The number of amides is 2. The quantitative estimate of drug-likeness (QED) is 0.255. The molecule has 0 fully saturated rings. The number of carbonyl (C=O) groups is 2. The molecule has 1 aromatic heterocycles. The zero-order chi connectivity index (χ0) is 25.4. The van der Waals surface area contributed by atoms with Crippen molar-refractivity contribution in [1.29, 1.82) is 0 Å². The number of hydrogen-bond donors (Lipinski definition) is 2. The predicted molar refractivity (Wildman–Crippen MR) is 142 cm³/mol. The van der Waals surface area contributed by atoms with E-state index in [0.717, 1.165) is 11.3 Å². The van der Waals surface area contributed by atoms with Crippen LogP contribution in [0.25, 0.3) is 0 Å². The number of thioether (sulfide) groups is 1. The lowest BCUT2D eigenvalue weighted by atomic mass is 10.0. The average Bonchev–Trinajstić information content (AvgIpc) is 3.21. The van der Waals surface area contributed by atoms with Crippen LogP contribution in [0.3, 0.4) is 0 Å². The minimum absolute atomic E-state index is 0.134. The minimum atomic E-state index is -0.388. The van der Waals surface area contributed by atoms with Gasteiger partial charge in [0.05, 0.1) is 22.4 Å². The van der Waals surface area contributed by atoms with Gasteiger partial charge < -0.3 is 15.2 Å². The molecule has 3 rings (SSSR count). The molecule has 0 aliphatic rings. The summed E-state index contributed by atoms with van der Waals surface area (Å²) in [6.45, 7) is 10.4. The summed E-state index contributed by atoms with van der Waals surface area (Å²) in [5.41, 5.74) is 2.18. The fraction of sp³-hybridized carbons (Fsp3) is 0.308. The number of halogens is 1. The van der Waals surface area contributed by atoms with Crippen molar-refractivity contribution in [2.45, 2.75) is 44.9 Å². The van der Waals surface area contributed by atoms with Crippen molar-refractivity contribution in [3.05, 3.63) is 83.2 Å². The second kappa shape index (κ2) is 12.6. The summed E-state index contributed by atoms with van der Waals surface area (Å²) in [5.74, 6) is 0.660. The Balaban J connectivity index is 1.78. The number of nitrogens with one attached hydrogen (secondary N) is 2. The minimum Gasteiger partial charge on any atom is -0.342 e. The smallest absolute Gasteiger partial charge is 0.253 e. The van der Waals surface area contributed by atoms with E-state index in [4.69, 9.17) is 11.6 Å². The molecule has 184 valence electrons. The summed E-state index contributed by atoms with van der Waals surface area (Å²) >= 11 is 7.52. The number of nitrogens with zero attached hydrogens (tertiary/aromatic N) is 3. The maximum absolute atomic E-state index is 13.0. The van der Waals surface area contributed by atoms with Crippen molar-refractivity contribution in [1.82, 2.24) is 20.1 Å². The molecule has 0 unspecified atom stereocenters. The molecule has 0 saturated heterocycles. The number of carbonyl (C=O) groups excluding carboxylic acids is 2. The molecular weight excluding hydrogens is 482 g/mol. The molecule has 1 heterocycles. The van der Waals surface area contributed by atoms with Gasteiger partial charge in [0, 0.05) is 12.2 Å². The van der Waals surface area contributed by atoms with Gasteiger partial charge in [0.1, 0.15) is 0 Å². The highest BCUT2D eigenvalue weighted by Gasteiger charge is 2.25. The number of benzene rings is 2. The fourth-order valence-electron chi connectivity index (χ4n) is 3.58. The molecule has 0 aliphatic carbocycles. The van der Waals surface area contributed by atoms with Crippen LogP contribution in [0.2, 0.25) is 5.02 Å². The second-order valence-corrected chi connectivity index (χ2v) is 9.88. The number of anilines is 1. The molecule has 2 N–H and O–H groups in total. The Labute approximate surface area is 215 Å². The Bertz CT molecular complexity index is 1190. The lowest BCUT2D eigenvalue weighted by molar-refractivity contribution is -0.113. The van der Waals surface area contributed by atoms with Crippen LogP contribution >= 0.6 is 23.4 Å². The summed E-state index contributed by atoms with van der Waals surface area (Å²) in [4.78, 5) is 25.5. The van der Waals surface area contributed by atoms with Gasteiger partial charge in [-0.05, 0) is 43.0 Å². The summed E-state index contributed by atoms with van der Waals surface area (Å²) in [6, 6.07) is 14.2. The first-order valence-electron chi connectivity index (χ1n) is 11.4. The van der Waals surface area contributed by atoms with Crippen molar-refractivity contribution >= 4 is 40.9 Å². The molecule has 2 amide bonds. The third-order valence-corrected chi connectivity index (χ3v) is 6.55. The molecular formula is C26H30ClN5O2S. The van der Waals surface area contributed by atoms with Gasteiger partial charge in [-0.15, -0.1) is 16.8 Å². The first-order chi connectivity index (χ1) is 16.8. The van der Waals surface area contributed by atoms with Crippen molar-refractivity contribution in [3.8, 4) is 0 Å². The monoisotopic (exact) mass is 511 g/mol. The van der Waals surface area contributed by atoms with E-state index < -0.39 is 0 Å². The first-order valence-corrected chi connectivity index (χ1v) is 12.7. The largest absolute Gasteiger partial charge is 0.342 e. The molecule has 9 heteroatoms. The van der Waals surface area contributed by atoms with Crippen LogP contribution in [0, 0.1) is 12.8 Å². The van der Waals surface area contributed by atoms with Crippen LogP contribution < -0.4 is 10.6 Å². The van der Waals surface area contributed by atoms with E-state index in [9.17, 15) is 9.59 Å². The zero-order valence-corrected chi connectivity index (χ0v) is 21.7. The van der Waals surface area contributed by atoms with Crippen LogP contribution in [0.15, 0.2) is 66.3 Å². The van der Waals surface area contributed by atoms with E-state index in [1.54, 1.807) is 30.3 Å². The lowest BCUT2D eigenvalue weighted by Crippen LogP contribution is -2.32. The first kappa shape index (κ1) is 26.5. The van der Waals surface area contributed by atoms with Crippen molar-refractivity contribution < 1.29 is 9.59 Å². The second-order valence-electron chi connectivity index (χ2n) is 8.53. The molecule has 2 aromatic carbocycles. The van der Waals surface area contributed by atoms with E-state index in [-0.39, 0.29) is 29.5 Å². The Morgan fingerprint density at radius 2 is 1.86 bits per heavy atom. The van der Waals surface area contributed by atoms with Crippen LogP contribution in [0.5, 0.6) is 0 Å². The SMILES string of the molecule is C=CCn1c(SCC(=O)Nc2ccccc2C)nnc1[C@H](CC(C)C)NC(=O)c1ccccc1Cl. The summed E-state index contributed by atoms with van der Waals surface area (Å²) in [7, 11) is 0. The van der Waals surface area contributed by atoms with E-state index >= 15 is 0 Å². The Morgan fingerprint density at radius 3 is 2.54 bits per heavy atom. The summed E-state index contributed by atoms with van der Waals surface area (Å²) < 4.78 is 1.89. The molecule has 0 aliphatic heterocycles. The normalized spacial score (nSPS) is 11.8. The maximum Gasteiger partial charge on any atom is 0.253 e. The van der Waals surface area contributed by atoms with Gasteiger partial charge in [-0.25, -0.2) is 0 Å². The standard InChI is InChI=1S/C26H30ClN5O2S/c1-5-14-32-24(22(15-17(2)3)29-25(34)19-11-7-8-12-20(19)27)30-31-26(32)35-16-23(33)28-21-13-9-6-10-18(21)4/h5-13,17,22H,1,14-16H2,2-4H3,(H,28,33)(H,29,34)/t22-/m0/s1. The third-order valence-electron chi connectivity index (χ3n) is 5.25. The van der Waals surface area contributed by atoms with Crippen LogP contribution in [-0.4, -0.2) is 32.3 Å². The molecule has 0 bridgehead atoms. The Hall–Kier alpha value is -3.10. The van der Waals surface area contributed by atoms with Gasteiger partial charge in [0.15, 0.2) is 11.0 Å². The van der Waals surface area contributed by atoms with E-state index in [0.29, 0.717) is 34.5 Å². The highest BCUT2D eigenvalue weighted by molar-refractivity contribution is 7.99. The highest BCUT2D eigenvalue weighted by atomic mass is 35.5. The molecule has 1 atom stereocenters. The Kier molecular flexibility index (Phi) is 9.51. The van der Waals surface area contributed by atoms with E-state index in [2.05, 4.69) is 41.3 Å². The van der Waals surface area contributed by atoms with Crippen molar-refractivity contribution in [2.24, 2.45) is 5.92 Å². The molecule has 0 spiro atoms. The van der Waals surface area contributed by atoms with Crippen LogP contribution in [0.1, 0.15) is 48.1 Å². The van der Waals surface area contributed by atoms with Crippen molar-refractivity contribution in [2.75, 3.05) is 11.1 Å². The summed E-state index contributed by atoms with van der Waals surface area (Å²) in [6.07, 6.45) is 2.40. The molecule has 35 heavy (non-hydrogen) atoms. The highest BCUT2D eigenvalue weighted by Crippen LogP contribution is 2.26. The van der Waals surface area contributed by atoms with Crippen LogP contribution in [-0.2, 0) is 11.3 Å². The zero-order valence-electron chi connectivity index (χ0n) is 20.1. The number of allylic oxidation sites excluding steroid dienone is 1. The van der Waals surface area contributed by atoms with Gasteiger partial charge in [-0.2, -0.15) is 0 Å². The van der Waals surface area contributed by atoms with Gasteiger partial charge in [0.25, 0.3) is 5.91 Å². The number of aromatic nitrogens is 3. The van der Waals surface area contributed by atoms with Gasteiger partial charge >= 0.3 is 0 Å². The topological polar surface area (TPSA) is 88.9 Å². The van der Waals surface area contributed by atoms with Gasteiger partial charge in [-0.1, -0.05) is 73.6 Å². The van der Waals surface area contributed by atoms with E-state index in [1.807, 2.05) is 35.8 Å². The number of para-hydroxylation sites is 1. The summed E-state index contributed by atoms with van der Waals surface area (Å²) in [5, 5.41) is 15.7.